The number of nitrogens with zero attached hydrogens (tertiary/aromatic N) is 3. The van der Waals surface area contributed by atoms with Gasteiger partial charge in [0.25, 0.3) is 0 Å². The first kappa shape index (κ1) is 20.0. The zero-order valence-corrected chi connectivity index (χ0v) is 16.5. The summed E-state index contributed by atoms with van der Waals surface area (Å²) in [7, 11) is -1.14. The number of rotatable bonds is 6. The van der Waals surface area contributed by atoms with E-state index in [0.717, 1.165) is 0 Å². The van der Waals surface area contributed by atoms with Crippen molar-refractivity contribution >= 4 is 21.9 Å². The van der Waals surface area contributed by atoms with Crippen LogP contribution in [-0.4, -0.2) is 53.8 Å². The molecule has 0 aromatic carbocycles. The lowest BCUT2D eigenvalue weighted by molar-refractivity contribution is -0.124. The van der Waals surface area contributed by atoms with Crippen LogP contribution < -0.4 is 5.32 Å². The SMILES string of the molecule is COC(=O)c1cc(S(=O)(=O)N2CCC[C@@H]2C(=O)NCc2ccccn2)cn1C. The van der Waals surface area contributed by atoms with Crippen LogP contribution in [0.3, 0.4) is 0 Å². The number of pyridine rings is 1. The van der Waals surface area contributed by atoms with Crippen LogP contribution >= 0.6 is 0 Å². The first-order valence-electron chi connectivity index (χ1n) is 8.78. The van der Waals surface area contributed by atoms with Crippen molar-refractivity contribution in [3.05, 3.63) is 48.0 Å². The number of sulfonamides is 1. The molecule has 0 bridgehead atoms. The van der Waals surface area contributed by atoms with Gasteiger partial charge in [-0.15, -0.1) is 0 Å². The minimum Gasteiger partial charge on any atom is -0.464 e. The van der Waals surface area contributed by atoms with Gasteiger partial charge in [-0.2, -0.15) is 4.31 Å². The fourth-order valence-electron chi connectivity index (χ4n) is 3.21. The number of carbonyl (C=O) groups is 2. The fourth-order valence-corrected chi connectivity index (χ4v) is 4.93. The fraction of sp³-hybridized carbons (Fsp3) is 0.389. The third-order valence-corrected chi connectivity index (χ3v) is 6.53. The lowest BCUT2D eigenvalue weighted by atomic mass is 10.2. The van der Waals surface area contributed by atoms with Gasteiger partial charge in [0, 0.05) is 26.0 Å². The Kier molecular flexibility index (Phi) is 5.80. The Morgan fingerprint density at radius 1 is 1.36 bits per heavy atom. The molecule has 1 fully saturated rings. The zero-order chi connectivity index (χ0) is 20.3. The number of esters is 1. The number of aryl methyl sites for hydroxylation is 1. The van der Waals surface area contributed by atoms with Crippen molar-refractivity contribution in [1.82, 2.24) is 19.2 Å². The second-order valence-corrected chi connectivity index (χ2v) is 8.37. The highest BCUT2D eigenvalue weighted by Crippen LogP contribution is 2.27. The van der Waals surface area contributed by atoms with Gasteiger partial charge < -0.3 is 14.6 Å². The van der Waals surface area contributed by atoms with Crippen molar-refractivity contribution in [3.63, 3.8) is 0 Å². The maximum atomic E-state index is 13.1. The average molecular weight is 406 g/mol. The van der Waals surface area contributed by atoms with Gasteiger partial charge in [-0.1, -0.05) is 6.07 Å². The van der Waals surface area contributed by atoms with Crippen molar-refractivity contribution in [1.29, 1.82) is 0 Å². The molecule has 150 valence electrons. The predicted octanol–water partition coefficient (Wildman–Crippen LogP) is 0.676. The van der Waals surface area contributed by atoms with Gasteiger partial charge in [0.2, 0.25) is 15.9 Å². The largest absolute Gasteiger partial charge is 0.464 e. The Hall–Kier alpha value is -2.72. The molecule has 1 N–H and O–H groups in total. The first-order valence-corrected chi connectivity index (χ1v) is 10.2. The molecule has 1 amide bonds. The molecular formula is C18H22N4O5S. The van der Waals surface area contributed by atoms with Gasteiger partial charge in [0.1, 0.15) is 16.6 Å². The van der Waals surface area contributed by atoms with Crippen LogP contribution in [0.5, 0.6) is 0 Å². The van der Waals surface area contributed by atoms with E-state index in [1.807, 2.05) is 6.07 Å². The van der Waals surface area contributed by atoms with Crippen LogP contribution in [0.4, 0.5) is 0 Å². The molecule has 9 nitrogen and oxygen atoms in total. The van der Waals surface area contributed by atoms with Crippen molar-refractivity contribution < 1.29 is 22.7 Å². The van der Waals surface area contributed by atoms with E-state index < -0.39 is 22.0 Å². The topological polar surface area (TPSA) is 111 Å². The summed E-state index contributed by atoms with van der Waals surface area (Å²) in [6, 6.07) is 5.84. The molecule has 0 unspecified atom stereocenters. The molecule has 1 saturated heterocycles. The molecule has 3 rings (SSSR count). The van der Waals surface area contributed by atoms with E-state index >= 15 is 0 Å². The molecular weight excluding hydrogens is 384 g/mol. The maximum absolute atomic E-state index is 13.1. The number of hydrogen-bond acceptors (Lipinski definition) is 6. The van der Waals surface area contributed by atoms with Crippen LogP contribution in [0, 0.1) is 0 Å². The number of amides is 1. The molecule has 3 heterocycles. The summed E-state index contributed by atoms with van der Waals surface area (Å²) < 4.78 is 33.4. The number of nitrogens with one attached hydrogen (secondary N) is 1. The van der Waals surface area contributed by atoms with E-state index in [1.165, 1.54) is 28.2 Å². The van der Waals surface area contributed by atoms with E-state index in [-0.39, 0.29) is 29.6 Å². The van der Waals surface area contributed by atoms with E-state index in [9.17, 15) is 18.0 Å². The van der Waals surface area contributed by atoms with Crippen LogP contribution in [-0.2, 0) is 33.1 Å². The normalized spacial score (nSPS) is 17.4. The summed E-state index contributed by atoms with van der Waals surface area (Å²) in [5, 5.41) is 2.75. The number of aromatic nitrogens is 2. The molecule has 0 aliphatic carbocycles. The first-order chi connectivity index (χ1) is 13.3. The Morgan fingerprint density at radius 2 is 2.14 bits per heavy atom. The third kappa shape index (κ3) is 3.92. The van der Waals surface area contributed by atoms with Crippen LogP contribution in [0.2, 0.25) is 0 Å². The van der Waals surface area contributed by atoms with Crippen molar-refractivity contribution in [3.8, 4) is 0 Å². The number of carbonyl (C=O) groups excluding carboxylic acids is 2. The third-order valence-electron chi connectivity index (χ3n) is 4.66. The molecule has 0 spiro atoms. The van der Waals surface area contributed by atoms with Crippen LogP contribution in [0.1, 0.15) is 29.0 Å². The molecule has 2 aromatic heterocycles. The predicted molar refractivity (Wildman–Crippen MR) is 99.8 cm³/mol. The summed E-state index contributed by atoms with van der Waals surface area (Å²) in [5.74, 6) is -0.995. The molecule has 1 aliphatic heterocycles. The van der Waals surface area contributed by atoms with Crippen molar-refractivity contribution in [2.24, 2.45) is 7.05 Å². The summed E-state index contributed by atoms with van der Waals surface area (Å²) in [5.41, 5.74) is 0.811. The minimum atomic E-state index is -3.93. The molecule has 28 heavy (non-hydrogen) atoms. The summed E-state index contributed by atoms with van der Waals surface area (Å²) in [6.45, 7) is 0.467. The lowest BCUT2D eigenvalue weighted by Gasteiger charge is -2.22. The van der Waals surface area contributed by atoms with Gasteiger partial charge in [-0.25, -0.2) is 13.2 Å². The molecule has 1 atom stereocenters. The Bertz CT molecular complexity index is 971. The van der Waals surface area contributed by atoms with Crippen LogP contribution in [0.25, 0.3) is 0 Å². The highest BCUT2D eigenvalue weighted by atomic mass is 32.2. The zero-order valence-electron chi connectivity index (χ0n) is 15.7. The second-order valence-electron chi connectivity index (χ2n) is 6.48. The van der Waals surface area contributed by atoms with Crippen LogP contribution in [0.15, 0.2) is 41.6 Å². The van der Waals surface area contributed by atoms with E-state index in [4.69, 9.17) is 0 Å². The molecule has 1 aliphatic rings. The van der Waals surface area contributed by atoms with Gasteiger partial charge in [0.15, 0.2) is 0 Å². The van der Waals surface area contributed by atoms with Gasteiger partial charge in [-0.05, 0) is 31.0 Å². The van der Waals surface area contributed by atoms with E-state index in [0.29, 0.717) is 18.5 Å². The highest BCUT2D eigenvalue weighted by molar-refractivity contribution is 7.89. The smallest absolute Gasteiger partial charge is 0.354 e. The molecule has 0 radical (unpaired) electrons. The maximum Gasteiger partial charge on any atom is 0.354 e. The van der Waals surface area contributed by atoms with E-state index in [2.05, 4.69) is 15.0 Å². The lowest BCUT2D eigenvalue weighted by Crippen LogP contribution is -2.45. The summed E-state index contributed by atoms with van der Waals surface area (Å²) in [6.07, 6.45) is 3.99. The van der Waals surface area contributed by atoms with Gasteiger partial charge >= 0.3 is 5.97 Å². The monoisotopic (exact) mass is 406 g/mol. The Balaban J connectivity index is 1.77. The summed E-state index contributed by atoms with van der Waals surface area (Å²) in [4.78, 5) is 28.5. The van der Waals surface area contributed by atoms with Gasteiger partial charge in [0.05, 0.1) is 19.3 Å². The number of ether oxygens (including phenoxy) is 1. The van der Waals surface area contributed by atoms with E-state index in [1.54, 1.807) is 25.4 Å². The second kappa shape index (κ2) is 8.11. The van der Waals surface area contributed by atoms with Gasteiger partial charge in [-0.3, -0.25) is 9.78 Å². The minimum absolute atomic E-state index is 0.0418. The molecule has 10 heteroatoms. The quantitative estimate of drug-likeness (QED) is 0.706. The Labute approximate surface area is 163 Å². The molecule has 0 saturated carbocycles. The summed E-state index contributed by atoms with van der Waals surface area (Å²) >= 11 is 0. The Morgan fingerprint density at radius 3 is 2.82 bits per heavy atom. The van der Waals surface area contributed by atoms with Crippen molar-refractivity contribution in [2.75, 3.05) is 13.7 Å². The number of hydrogen-bond donors (Lipinski definition) is 1. The standard InChI is InChI=1S/C18H22N4O5S/c1-21-12-14(10-16(21)18(24)27-2)28(25,26)22-9-5-7-15(22)17(23)20-11-13-6-3-4-8-19-13/h3-4,6,8,10,12,15H,5,7,9,11H2,1-2H3,(H,20,23)/t15-/m1/s1. The average Bonchev–Trinajstić information content (AvgIpc) is 3.34. The molecule has 2 aromatic rings. The number of methoxy groups -OCH3 is 1. The highest BCUT2D eigenvalue weighted by Gasteiger charge is 2.40. The van der Waals surface area contributed by atoms with Crippen molar-refractivity contribution in [2.45, 2.75) is 30.3 Å².